The van der Waals surface area contributed by atoms with Crippen molar-refractivity contribution >= 4 is 23.3 Å². The van der Waals surface area contributed by atoms with E-state index in [0.29, 0.717) is 29.8 Å². The minimum Gasteiger partial charge on any atom is -0.356 e. The third kappa shape index (κ3) is 6.02. The van der Waals surface area contributed by atoms with Gasteiger partial charge in [-0.05, 0) is 37.1 Å². The minimum atomic E-state index is -0.292. The summed E-state index contributed by atoms with van der Waals surface area (Å²) >= 11 is 0. The second-order valence-electron chi connectivity index (χ2n) is 6.22. The molecule has 2 rings (SSSR count). The Bertz CT molecular complexity index is 836. The van der Waals surface area contributed by atoms with Gasteiger partial charge in [0.25, 0.3) is 0 Å². The molecule has 0 saturated heterocycles. The number of Topliss-reactive ketones (excluding diaryl/α,β-unsaturated/α-hetero) is 1. The molecular weight excluding hydrogens is 347 g/mol. The van der Waals surface area contributed by atoms with E-state index in [1.807, 2.05) is 0 Å². The molecule has 0 saturated carbocycles. The van der Waals surface area contributed by atoms with Gasteiger partial charge >= 0.3 is 0 Å². The monoisotopic (exact) mass is 370 g/mol. The van der Waals surface area contributed by atoms with Gasteiger partial charge in [0, 0.05) is 37.7 Å². The van der Waals surface area contributed by atoms with Gasteiger partial charge in [-0.15, -0.1) is 0 Å². The number of nitrogens with one attached hydrogen (secondary N) is 1. The zero-order valence-electron chi connectivity index (χ0n) is 15.5. The molecule has 5 nitrogen and oxygen atoms in total. The van der Waals surface area contributed by atoms with Crippen LogP contribution in [-0.4, -0.2) is 30.7 Å². The second kappa shape index (κ2) is 9.62. The molecule has 27 heavy (non-hydrogen) atoms. The zero-order valence-corrected chi connectivity index (χ0v) is 15.5. The number of anilines is 1. The molecule has 0 unspecified atom stereocenters. The van der Waals surface area contributed by atoms with E-state index in [-0.39, 0.29) is 36.4 Å². The Kier molecular flexibility index (Phi) is 7.23. The predicted octanol–water partition coefficient (Wildman–Crippen LogP) is 3.13. The molecule has 0 spiro atoms. The number of nitrogens with zero attached hydrogens (tertiary/aromatic N) is 1. The van der Waals surface area contributed by atoms with Crippen LogP contribution in [-0.2, 0) is 16.0 Å². The summed E-state index contributed by atoms with van der Waals surface area (Å²) in [4.78, 5) is 37.0. The number of halogens is 1. The van der Waals surface area contributed by atoms with Crippen LogP contribution in [0, 0.1) is 5.82 Å². The number of hydrogen-bond donors (Lipinski definition) is 1. The quantitative estimate of drug-likeness (QED) is 0.726. The van der Waals surface area contributed by atoms with Gasteiger partial charge in [-0.25, -0.2) is 4.39 Å². The van der Waals surface area contributed by atoms with E-state index in [9.17, 15) is 18.8 Å². The highest BCUT2D eigenvalue weighted by atomic mass is 19.1. The summed E-state index contributed by atoms with van der Waals surface area (Å²) in [5.41, 5.74) is 1.63. The maximum Gasteiger partial charge on any atom is 0.223 e. The first-order valence-corrected chi connectivity index (χ1v) is 8.77. The summed E-state index contributed by atoms with van der Waals surface area (Å²) in [6, 6.07) is 13.2. The van der Waals surface area contributed by atoms with Crippen molar-refractivity contribution in [2.75, 3.05) is 18.0 Å². The molecular formula is C21H23FN2O3. The molecule has 1 N–H and O–H groups in total. The lowest BCUT2D eigenvalue weighted by atomic mass is 10.1. The topological polar surface area (TPSA) is 66.5 Å². The number of carbonyl (C=O) groups is 3. The van der Waals surface area contributed by atoms with Crippen LogP contribution in [0.4, 0.5) is 10.1 Å². The van der Waals surface area contributed by atoms with Gasteiger partial charge in [0.2, 0.25) is 11.8 Å². The van der Waals surface area contributed by atoms with Gasteiger partial charge < -0.3 is 10.2 Å². The van der Waals surface area contributed by atoms with Crippen molar-refractivity contribution in [2.24, 2.45) is 0 Å². The van der Waals surface area contributed by atoms with E-state index in [0.717, 1.165) is 0 Å². The van der Waals surface area contributed by atoms with Crippen molar-refractivity contribution in [1.82, 2.24) is 5.32 Å². The molecule has 0 radical (unpaired) electrons. The number of benzene rings is 2. The maximum absolute atomic E-state index is 13.6. The van der Waals surface area contributed by atoms with E-state index >= 15 is 0 Å². The van der Waals surface area contributed by atoms with Crippen LogP contribution < -0.4 is 10.2 Å². The van der Waals surface area contributed by atoms with Crippen molar-refractivity contribution in [3.63, 3.8) is 0 Å². The Morgan fingerprint density at radius 1 is 1.04 bits per heavy atom. The van der Waals surface area contributed by atoms with Crippen molar-refractivity contribution < 1.29 is 18.8 Å². The number of carbonyl (C=O) groups excluding carboxylic acids is 3. The molecule has 0 aliphatic rings. The number of hydrogen-bond acceptors (Lipinski definition) is 3. The first kappa shape index (κ1) is 20.3. The largest absolute Gasteiger partial charge is 0.356 e. The van der Waals surface area contributed by atoms with Crippen LogP contribution in [0.25, 0.3) is 0 Å². The molecule has 0 aromatic heterocycles. The highest BCUT2D eigenvalue weighted by Crippen LogP contribution is 2.17. The van der Waals surface area contributed by atoms with E-state index in [1.165, 1.54) is 24.8 Å². The third-order valence-corrected chi connectivity index (χ3v) is 4.18. The molecule has 0 aliphatic heterocycles. The van der Waals surface area contributed by atoms with E-state index in [1.54, 1.807) is 42.5 Å². The predicted molar refractivity (Wildman–Crippen MR) is 102 cm³/mol. The highest BCUT2D eigenvalue weighted by molar-refractivity contribution is 5.97. The molecule has 0 fully saturated rings. The van der Waals surface area contributed by atoms with Crippen molar-refractivity contribution in [3.8, 4) is 0 Å². The Balaban J connectivity index is 1.89. The van der Waals surface area contributed by atoms with Crippen molar-refractivity contribution in [3.05, 3.63) is 65.5 Å². The number of ketones is 1. The summed E-state index contributed by atoms with van der Waals surface area (Å²) in [6.45, 7) is 3.39. The van der Waals surface area contributed by atoms with Gasteiger partial charge in [0.05, 0.1) is 0 Å². The third-order valence-electron chi connectivity index (χ3n) is 4.18. The average molecular weight is 370 g/mol. The summed E-state index contributed by atoms with van der Waals surface area (Å²) < 4.78 is 13.6. The molecule has 0 heterocycles. The van der Waals surface area contributed by atoms with Gasteiger partial charge in [0.1, 0.15) is 5.82 Å². The van der Waals surface area contributed by atoms with Crippen LogP contribution in [0.1, 0.15) is 36.2 Å². The lowest BCUT2D eigenvalue weighted by Gasteiger charge is -2.21. The summed E-state index contributed by atoms with van der Waals surface area (Å²) in [6.07, 6.45) is 0.511. The molecule has 0 bridgehead atoms. The van der Waals surface area contributed by atoms with Crippen molar-refractivity contribution in [2.45, 2.75) is 26.7 Å². The molecule has 2 aromatic carbocycles. The average Bonchev–Trinajstić information content (AvgIpc) is 2.63. The van der Waals surface area contributed by atoms with Gasteiger partial charge in [-0.1, -0.05) is 30.3 Å². The fourth-order valence-electron chi connectivity index (χ4n) is 2.70. The maximum atomic E-state index is 13.6. The Labute approximate surface area is 158 Å². The SMILES string of the molecule is CC(=O)c1cccc(N(CCC(=O)NCCc2ccccc2F)C(C)=O)c1. The highest BCUT2D eigenvalue weighted by Gasteiger charge is 2.14. The fraction of sp³-hybridized carbons (Fsp3) is 0.286. The Morgan fingerprint density at radius 2 is 1.78 bits per heavy atom. The Hall–Kier alpha value is -3.02. The lowest BCUT2D eigenvalue weighted by molar-refractivity contribution is -0.121. The van der Waals surface area contributed by atoms with Gasteiger partial charge in [0.15, 0.2) is 5.78 Å². The van der Waals surface area contributed by atoms with Crippen LogP contribution in [0.2, 0.25) is 0 Å². The smallest absolute Gasteiger partial charge is 0.223 e. The summed E-state index contributed by atoms with van der Waals surface area (Å²) in [5.74, 6) is -0.818. The lowest BCUT2D eigenvalue weighted by Crippen LogP contribution is -2.34. The van der Waals surface area contributed by atoms with E-state index in [2.05, 4.69) is 5.32 Å². The van der Waals surface area contributed by atoms with Gasteiger partial charge in [-0.2, -0.15) is 0 Å². The summed E-state index contributed by atoms with van der Waals surface area (Å²) in [5, 5.41) is 2.74. The molecule has 2 aromatic rings. The van der Waals surface area contributed by atoms with Crippen LogP contribution in [0.5, 0.6) is 0 Å². The van der Waals surface area contributed by atoms with Crippen molar-refractivity contribution in [1.29, 1.82) is 0 Å². The molecule has 6 heteroatoms. The first-order valence-electron chi connectivity index (χ1n) is 8.77. The Morgan fingerprint density at radius 3 is 2.44 bits per heavy atom. The number of rotatable bonds is 8. The zero-order chi connectivity index (χ0) is 19.8. The van der Waals surface area contributed by atoms with Gasteiger partial charge in [-0.3, -0.25) is 14.4 Å². The fourth-order valence-corrected chi connectivity index (χ4v) is 2.70. The van der Waals surface area contributed by atoms with Crippen LogP contribution in [0.15, 0.2) is 48.5 Å². The standard InChI is InChI=1S/C21H23FN2O3/c1-15(25)18-7-5-8-19(14-18)24(16(2)26)13-11-21(27)23-12-10-17-6-3-4-9-20(17)22/h3-9,14H,10-13H2,1-2H3,(H,23,27). The van der Waals surface area contributed by atoms with Crippen LogP contribution in [0.3, 0.4) is 0 Å². The molecule has 0 aliphatic carbocycles. The van der Waals surface area contributed by atoms with E-state index in [4.69, 9.17) is 0 Å². The first-order chi connectivity index (χ1) is 12.9. The summed E-state index contributed by atoms with van der Waals surface area (Å²) in [7, 11) is 0. The molecule has 0 atom stereocenters. The van der Waals surface area contributed by atoms with E-state index < -0.39 is 0 Å². The van der Waals surface area contributed by atoms with Crippen LogP contribution >= 0.6 is 0 Å². The minimum absolute atomic E-state index is 0.0914. The number of amides is 2. The molecule has 2 amide bonds. The second-order valence-corrected chi connectivity index (χ2v) is 6.22. The molecule has 142 valence electrons. The normalized spacial score (nSPS) is 10.3.